The second kappa shape index (κ2) is 10.3. The highest BCUT2D eigenvalue weighted by atomic mass is 15.1. The third-order valence-corrected chi connectivity index (χ3v) is 6.24. The second-order valence-electron chi connectivity index (χ2n) is 8.53. The number of anilines is 3. The van der Waals surface area contributed by atoms with Crippen LogP contribution < -0.4 is 4.90 Å². The van der Waals surface area contributed by atoms with Gasteiger partial charge in [-0.3, -0.25) is 15.0 Å². The summed E-state index contributed by atoms with van der Waals surface area (Å²) < 4.78 is 0. The molecule has 0 aliphatic rings. The lowest BCUT2D eigenvalue weighted by atomic mass is 9.91. The van der Waals surface area contributed by atoms with E-state index in [2.05, 4.69) is 71.6 Å². The number of hydrogen-bond donors (Lipinski definition) is 0. The average Bonchev–Trinajstić information content (AvgIpc) is 2.99. The maximum atomic E-state index is 4.83. The molecule has 0 bridgehead atoms. The van der Waals surface area contributed by atoms with Crippen LogP contribution in [0.25, 0.3) is 33.8 Å². The monoisotopic (exact) mass is 476 g/mol. The molecule has 37 heavy (non-hydrogen) atoms. The van der Waals surface area contributed by atoms with Crippen LogP contribution in [0.2, 0.25) is 0 Å². The molecule has 4 heteroatoms. The molecule has 0 atom stereocenters. The third-order valence-electron chi connectivity index (χ3n) is 6.24. The number of benzene rings is 3. The predicted molar refractivity (Wildman–Crippen MR) is 151 cm³/mol. The van der Waals surface area contributed by atoms with Crippen LogP contribution in [-0.4, -0.2) is 15.0 Å². The van der Waals surface area contributed by atoms with Crippen molar-refractivity contribution in [1.82, 2.24) is 15.0 Å². The molecule has 0 fully saturated rings. The van der Waals surface area contributed by atoms with Crippen molar-refractivity contribution < 1.29 is 0 Å². The molecular weight excluding hydrogens is 452 g/mol. The van der Waals surface area contributed by atoms with E-state index in [0.29, 0.717) is 0 Å². The van der Waals surface area contributed by atoms with Gasteiger partial charge in [-0.1, -0.05) is 54.6 Å². The van der Waals surface area contributed by atoms with Gasteiger partial charge in [-0.25, -0.2) is 0 Å². The molecule has 6 rings (SSSR count). The van der Waals surface area contributed by atoms with E-state index in [0.717, 1.165) is 50.8 Å². The summed E-state index contributed by atoms with van der Waals surface area (Å²) in [4.78, 5) is 16.6. The summed E-state index contributed by atoms with van der Waals surface area (Å²) >= 11 is 0. The molecule has 0 N–H and O–H groups in total. The van der Waals surface area contributed by atoms with Crippen molar-refractivity contribution in [2.75, 3.05) is 4.90 Å². The Hall–Kier alpha value is -5.09. The van der Waals surface area contributed by atoms with Gasteiger partial charge in [-0.05, 0) is 72.8 Å². The molecule has 6 aromatic rings. The van der Waals surface area contributed by atoms with E-state index in [-0.39, 0.29) is 0 Å². The van der Waals surface area contributed by atoms with Gasteiger partial charge in [0, 0.05) is 46.7 Å². The van der Waals surface area contributed by atoms with Crippen molar-refractivity contribution in [2.45, 2.75) is 0 Å². The van der Waals surface area contributed by atoms with Gasteiger partial charge in [-0.2, -0.15) is 0 Å². The maximum absolute atomic E-state index is 4.83. The first-order valence-electron chi connectivity index (χ1n) is 12.2. The normalized spacial score (nSPS) is 10.7. The number of hydrogen-bond acceptors (Lipinski definition) is 4. The Bertz CT molecular complexity index is 1550. The molecule has 0 saturated carbocycles. The fourth-order valence-electron chi connectivity index (χ4n) is 4.64. The largest absolute Gasteiger partial charge is 0.310 e. The molecule has 0 aliphatic carbocycles. The third kappa shape index (κ3) is 4.48. The molecule has 0 unspecified atom stereocenters. The van der Waals surface area contributed by atoms with Crippen molar-refractivity contribution in [3.05, 3.63) is 146 Å². The number of aromatic nitrogens is 3. The minimum atomic E-state index is 0.867. The molecule has 176 valence electrons. The zero-order chi connectivity index (χ0) is 24.9. The van der Waals surface area contributed by atoms with Crippen molar-refractivity contribution in [2.24, 2.45) is 0 Å². The lowest BCUT2D eigenvalue weighted by molar-refractivity contribution is 1.25. The van der Waals surface area contributed by atoms with Gasteiger partial charge in [0.25, 0.3) is 0 Å². The zero-order valence-corrected chi connectivity index (χ0v) is 20.1. The number of para-hydroxylation sites is 2. The summed E-state index contributed by atoms with van der Waals surface area (Å²) in [5.74, 6) is 0. The highest BCUT2D eigenvalue weighted by Gasteiger charge is 2.24. The summed E-state index contributed by atoms with van der Waals surface area (Å²) in [5.41, 5.74) is 8.74. The first kappa shape index (κ1) is 22.4. The SMILES string of the molecule is c1ccc(N(c2ccccc2)c2ccc(-c3ccccn3)c(-c3ccccn3)c2-c2ccccn2)cc1. The quantitative estimate of drug-likeness (QED) is 0.242. The standard InChI is InChI=1S/C33H24N4/c1-3-13-25(14-4-1)37(26-15-5-2-6-16-26)31-21-20-27(28-17-7-10-22-34-28)32(29-18-8-11-23-35-29)33(31)30-19-9-12-24-36-30/h1-24H. The van der Waals surface area contributed by atoms with Crippen molar-refractivity contribution in [3.8, 4) is 33.8 Å². The molecule has 0 spiro atoms. The lowest BCUT2D eigenvalue weighted by Crippen LogP contribution is -2.12. The number of rotatable bonds is 6. The van der Waals surface area contributed by atoms with Crippen LogP contribution in [0.1, 0.15) is 0 Å². The van der Waals surface area contributed by atoms with Crippen molar-refractivity contribution in [1.29, 1.82) is 0 Å². The first-order chi connectivity index (χ1) is 18.4. The fourth-order valence-corrected chi connectivity index (χ4v) is 4.64. The number of pyridine rings is 3. The topological polar surface area (TPSA) is 41.9 Å². The highest BCUT2D eigenvalue weighted by Crippen LogP contribution is 2.47. The van der Waals surface area contributed by atoms with Crippen LogP contribution in [0.15, 0.2) is 146 Å². The molecule has 3 aromatic heterocycles. The highest BCUT2D eigenvalue weighted by molar-refractivity contribution is 6.00. The Morgan fingerprint density at radius 3 is 1.32 bits per heavy atom. The summed E-state index contributed by atoms with van der Waals surface area (Å²) in [6, 6.07) is 43.2. The van der Waals surface area contributed by atoms with Crippen LogP contribution in [0.3, 0.4) is 0 Å². The van der Waals surface area contributed by atoms with Crippen molar-refractivity contribution >= 4 is 17.1 Å². The van der Waals surface area contributed by atoms with Crippen LogP contribution in [0.5, 0.6) is 0 Å². The van der Waals surface area contributed by atoms with Gasteiger partial charge in [-0.15, -0.1) is 0 Å². The summed E-state index contributed by atoms with van der Waals surface area (Å²) in [7, 11) is 0. The minimum absolute atomic E-state index is 0.867. The van der Waals surface area contributed by atoms with E-state index < -0.39 is 0 Å². The Morgan fingerprint density at radius 2 is 0.838 bits per heavy atom. The van der Waals surface area contributed by atoms with Gasteiger partial charge in [0.2, 0.25) is 0 Å². The Labute approximate surface area is 216 Å². The first-order valence-corrected chi connectivity index (χ1v) is 12.2. The van der Waals surface area contributed by atoms with E-state index in [1.165, 1.54) is 0 Å². The summed E-state index contributed by atoms with van der Waals surface area (Å²) in [6.07, 6.45) is 5.49. The molecule has 4 nitrogen and oxygen atoms in total. The van der Waals surface area contributed by atoms with Gasteiger partial charge in [0.1, 0.15) is 0 Å². The van der Waals surface area contributed by atoms with Crippen LogP contribution >= 0.6 is 0 Å². The molecule has 3 aromatic carbocycles. The lowest BCUT2D eigenvalue weighted by Gasteiger charge is -2.29. The van der Waals surface area contributed by atoms with Crippen LogP contribution in [-0.2, 0) is 0 Å². The summed E-state index contributed by atoms with van der Waals surface area (Å²) in [5, 5.41) is 0. The molecule has 0 saturated heterocycles. The van der Waals surface area contributed by atoms with E-state index in [1.54, 1.807) is 0 Å². The van der Waals surface area contributed by atoms with Crippen LogP contribution in [0.4, 0.5) is 17.1 Å². The van der Waals surface area contributed by atoms with Crippen LogP contribution in [0, 0.1) is 0 Å². The maximum Gasteiger partial charge on any atom is 0.0730 e. The van der Waals surface area contributed by atoms with E-state index in [1.807, 2.05) is 79.3 Å². The van der Waals surface area contributed by atoms with Gasteiger partial charge < -0.3 is 4.90 Å². The minimum Gasteiger partial charge on any atom is -0.310 e. The molecule has 3 heterocycles. The molecular formula is C33H24N4. The average molecular weight is 477 g/mol. The van der Waals surface area contributed by atoms with Gasteiger partial charge in [0.05, 0.1) is 22.8 Å². The predicted octanol–water partition coefficient (Wildman–Crippen LogP) is 8.34. The van der Waals surface area contributed by atoms with E-state index in [9.17, 15) is 0 Å². The van der Waals surface area contributed by atoms with Gasteiger partial charge >= 0.3 is 0 Å². The molecule has 0 aliphatic heterocycles. The fraction of sp³-hybridized carbons (Fsp3) is 0. The van der Waals surface area contributed by atoms with E-state index in [4.69, 9.17) is 15.0 Å². The van der Waals surface area contributed by atoms with Crippen molar-refractivity contribution in [3.63, 3.8) is 0 Å². The molecule has 0 radical (unpaired) electrons. The molecule has 0 amide bonds. The van der Waals surface area contributed by atoms with Gasteiger partial charge in [0.15, 0.2) is 0 Å². The number of nitrogens with zero attached hydrogens (tertiary/aromatic N) is 4. The zero-order valence-electron chi connectivity index (χ0n) is 20.1. The smallest absolute Gasteiger partial charge is 0.0730 e. The summed E-state index contributed by atoms with van der Waals surface area (Å²) in [6.45, 7) is 0. The van der Waals surface area contributed by atoms with E-state index >= 15 is 0 Å². The Morgan fingerprint density at radius 1 is 0.378 bits per heavy atom. The second-order valence-corrected chi connectivity index (χ2v) is 8.53. The Balaban J connectivity index is 1.73. The Kier molecular flexibility index (Phi) is 6.21.